The molecule has 46 heavy (non-hydrogen) atoms. The molecule has 0 fully saturated rings. The summed E-state index contributed by atoms with van der Waals surface area (Å²) in [5.74, 6) is -0.623. The first-order chi connectivity index (χ1) is 22.1. The van der Waals surface area contributed by atoms with Gasteiger partial charge in [0.2, 0.25) is 5.91 Å². The van der Waals surface area contributed by atoms with E-state index in [1.54, 1.807) is 47.4 Å². The zero-order valence-corrected chi connectivity index (χ0v) is 26.3. The van der Waals surface area contributed by atoms with Gasteiger partial charge in [-0.2, -0.15) is 0 Å². The maximum atomic E-state index is 13.6. The lowest BCUT2D eigenvalue weighted by Crippen LogP contribution is -2.47. The van der Waals surface area contributed by atoms with Crippen molar-refractivity contribution in [3.05, 3.63) is 102 Å². The van der Waals surface area contributed by atoms with Gasteiger partial charge in [0.25, 0.3) is 0 Å². The molecule has 0 bridgehead atoms. The normalized spacial score (nSPS) is 17.3. The molecule has 0 radical (unpaired) electrons. The fraction of sp³-hybridized carbons (Fsp3) is 0.306. The van der Waals surface area contributed by atoms with E-state index in [1.807, 2.05) is 63.4 Å². The van der Waals surface area contributed by atoms with E-state index in [9.17, 15) is 24.6 Å². The summed E-state index contributed by atoms with van der Waals surface area (Å²) in [7, 11) is 1.97. The van der Waals surface area contributed by atoms with Crippen LogP contribution in [-0.2, 0) is 17.8 Å². The Labute approximate surface area is 268 Å². The number of hydrogen-bond donors (Lipinski definition) is 4. The van der Waals surface area contributed by atoms with E-state index < -0.39 is 12.0 Å². The van der Waals surface area contributed by atoms with Gasteiger partial charge in [0, 0.05) is 42.2 Å². The van der Waals surface area contributed by atoms with Crippen LogP contribution in [-0.4, -0.2) is 76.8 Å². The molecule has 5 rings (SSSR count). The van der Waals surface area contributed by atoms with Gasteiger partial charge in [0.1, 0.15) is 11.9 Å². The smallest absolute Gasteiger partial charge is 0.335 e. The SMILES string of the molecule is C[C@@H]1CN([C@H](C)CO)C(=O)Cc2cc(NC(=O)Nc3cccc4ccccc34)ccc2O[C@H]1CN(C)Cc1ccc(C(=O)O)cc1. The van der Waals surface area contributed by atoms with Crippen LogP contribution in [0, 0.1) is 5.92 Å². The van der Waals surface area contributed by atoms with E-state index in [4.69, 9.17) is 4.74 Å². The first-order valence-corrected chi connectivity index (χ1v) is 15.4. The Bertz CT molecular complexity index is 1700. The van der Waals surface area contributed by atoms with Gasteiger partial charge in [-0.1, -0.05) is 55.5 Å². The quantitative estimate of drug-likeness (QED) is 0.194. The van der Waals surface area contributed by atoms with E-state index >= 15 is 0 Å². The Balaban J connectivity index is 1.36. The molecule has 0 unspecified atom stereocenters. The number of urea groups is 1. The van der Waals surface area contributed by atoms with Crippen LogP contribution in [0.5, 0.6) is 5.75 Å². The molecule has 0 aliphatic carbocycles. The Morgan fingerprint density at radius 3 is 2.50 bits per heavy atom. The van der Waals surface area contributed by atoms with Crippen molar-refractivity contribution in [1.29, 1.82) is 0 Å². The molecular weight excluding hydrogens is 584 g/mol. The third-order valence-corrected chi connectivity index (χ3v) is 8.36. The molecule has 240 valence electrons. The highest BCUT2D eigenvalue weighted by atomic mass is 16.5. The third kappa shape index (κ3) is 7.82. The molecule has 0 saturated heterocycles. The van der Waals surface area contributed by atoms with Crippen LogP contribution in [0.3, 0.4) is 0 Å². The van der Waals surface area contributed by atoms with Gasteiger partial charge in [-0.15, -0.1) is 0 Å². The summed E-state index contributed by atoms with van der Waals surface area (Å²) in [5, 5.41) is 26.9. The topological polar surface area (TPSA) is 131 Å². The summed E-state index contributed by atoms with van der Waals surface area (Å²) >= 11 is 0. The number of likely N-dealkylation sites (N-methyl/N-ethyl adjacent to an activating group) is 1. The summed E-state index contributed by atoms with van der Waals surface area (Å²) in [5.41, 5.74) is 3.03. The van der Waals surface area contributed by atoms with E-state index in [0.29, 0.717) is 42.3 Å². The maximum Gasteiger partial charge on any atom is 0.335 e. The third-order valence-electron chi connectivity index (χ3n) is 8.36. The predicted molar refractivity (Wildman–Crippen MR) is 178 cm³/mol. The summed E-state index contributed by atoms with van der Waals surface area (Å²) in [6.45, 7) is 5.19. The van der Waals surface area contributed by atoms with Crippen LogP contribution in [0.1, 0.15) is 35.3 Å². The van der Waals surface area contributed by atoms with Gasteiger partial charge in [0.15, 0.2) is 0 Å². The molecule has 3 amide bonds. The number of rotatable bonds is 9. The van der Waals surface area contributed by atoms with Crippen LogP contribution in [0.4, 0.5) is 16.2 Å². The zero-order valence-electron chi connectivity index (χ0n) is 26.3. The first-order valence-electron chi connectivity index (χ1n) is 15.4. The molecule has 0 saturated carbocycles. The van der Waals surface area contributed by atoms with Crippen LogP contribution in [0.25, 0.3) is 10.8 Å². The molecule has 4 N–H and O–H groups in total. The summed E-state index contributed by atoms with van der Waals surface area (Å²) in [6, 6.07) is 24.8. The number of carboxylic acid groups (broad SMARTS) is 1. The fourth-order valence-corrected chi connectivity index (χ4v) is 5.78. The monoisotopic (exact) mass is 624 g/mol. The number of ether oxygens (including phenoxy) is 1. The molecule has 1 aliphatic rings. The lowest BCUT2D eigenvalue weighted by Gasteiger charge is -2.34. The minimum Gasteiger partial charge on any atom is -0.488 e. The first kappa shape index (κ1) is 32.5. The predicted octanol–water partition coefficient (Wildman–Crippen LogP) is 5.46. The highest BCUT2D eigenvalue weighted by Crippen LogP contribution is 2.30. The maximum absolute atomic E-state index is 13.6. The number of aromatic carboxylic acids is 1. The van der Waals surface area contributed by atoms with Crippen molar-refractivity contribution in [3.63, 3.8) is 0 Å². The van der Waals surface area contributed by atoms with Crippen molar-refractivity contribution < 1.29 is 29.3 Å². The van der Waals surface area contributed by atoms with Crippen molar-refractivity contribution in [2.24, 2.45) is 5.92 Å². The average molecular weight is 625 g/mol. The van der Waals surface area contributed by atoms with Crippen LogP contribution < -0.4 is 15.4 Å². The molecule has 0 aromatic heterocycles. The lowest BCUT2D eigenvalue weighted by atomic mass is 10.0. The molecule has 10 nitrogen and oxygen atoms in total. The molecule has 4 aromatic rings. The second kappa shape index (κ2) is 14.4. The number of fused-ring (bicyclic) bond motifs is 2. The second-order valence-corrected chi connectivity index (χ2v) is 12.0. The number of nitrogens with one attached hydrogen (secondary N) is 2. The van der Waals surface area contributed by atoms with Crippen LogP contribution in [0.2, 0.25) is 0 Å². The van der Waals surface area contributed by atoms with Crippen molar-refractivity contribution >= 4 is 40.1 Å². The number of benzene rings is 4. The summed E-state index contributed by atoms with van der Waals surface area (Å²) in [4.78, 5) is 41.7. The zero-order chi connectivity index (χ0) is 32.8. The van der Waals surface area contributed by atoms with Gasteiger partial charge in [-0.25, -0.2) is 9.59 Å². The summed E-state index contributed by atoms with van der Waals surface area (Å²) < 4.78 is 6.61. The Hall–Kier alpha value is -4.93. The highest BCUT2D eigenvalue weighted by molar-refractivity contribution is 6.06. The van der Waals surface area contributed by atoms with Crippen molar-refractivity contribution in [1.82, 2.24) is 9.80 Å². The molecular formula is C36H40N4O6. The van der Waals surface area contributed by atoms with Crippen molar-refractivity contribution in [2.75, 3.05) is 37.4 Å². The standard InChI is InChI=1S/C36H40N4O6/c1-23-19-40(24(2)22-41)34(42)18-28-17-29(37-36(45)38-31-10-6-8-26-7-4-5-9-30(26)31)15-16-32(28)46-33(23)21-39(3)20-25-11-13-27(14-12-25)35(43)44/h4-17,23-24,33,41H,18-22H2,1-3H3,(H,43,44)(H2,37,38,45)/t23-,24-,33+/m1/s1. The molecule has 1 heterocycles. The summed E-state index contributed by atoms with van der Waals surface area (Å²) in [6.07, 6.45) is -0.263. The molecule has 10 heteroatoms. The van der Waals surface area contributed by atoms with E-state index in [-0.39, 0.29) is 42.6 Å². The van der Waals surface area contributed by atoms with Crippen LogP contribution in [0.15, 0.2) is 84.9 Å². The van der Waals surface area contributed by atoms with E-state index in [0.717, 1.165) is 16.3 Å². The number of aliphatic hydroxyl groups excluding tert-OH is 1. The molecule has 4 aromatic carbocycles. The lowest BCUT2D eigenvalue weighted by molar-refractivity contribution is -0.134. The Morgan fingerprint density at radius 1 is 1.02 bits per heavy atom. The van der Waals surface area contributed by atoms with Gasteiger partial charge in [-0.05, 0) is 61.3 Å². The molecule has 1 aliphatic heterocycles. The molecule has 0 spiro atoms. The van der Waals surface area contributed by atoms with Gasteiger partial charge in [-0.3, -0.25) is 9.69 Å². The average Bonchev–Trinajstić information content (AvgIpc) is 3.08. The fourth-order valence-electron chi connectivity index (χ4n) is 5.78. The number of amides is 3. The van der Waals surface area contributed by atoms with Gasteiger partial charge >= 0.3 is 12.0 Å². The number of carbonyl (C=O) groups excluding carboxylic acids is 2. The molecule has 3 atom stereocenters. The number of nitrogens with zero attached hydrogens (tertiary/aromatic N) is 2. The van der Waals surface area contributed by atoms with Crippen molar-refractivity contribution in [2.45, 2.75) is 39.0 Å². The Morgan fingerprint density at radius 2 is 1.76 bits per heavy atom. The van der Waals surface area contributed by atoms with Crippen molar-refractivity contribution in [3.8, 4) is 5.75 Å². The van der Waals surface area contributed by atoms with Gasteiger partial charge < -0.3 is 30.5 Å². The van der Waals surface area contributed by atoms with E-state index in [1.165, 1.54) is 0 Å². The number of carbonyl (C=O) groups is 3. The van der Waals surface area contributed by atoms with Crippen LogP contribution >= 0.6 is 0 Å². The Kier molecular flexibility index (Phi) is 10.2. The van der Waals surface area contributed by atoms with E-state index in [2.05, 4.69) is 15.5 Å². The number of aliphatic hydroxyl groups is 1. The highest BCUT2D eigenvalue weighted by Gasteiger charge is 2.31. The number of anilines is 2. The number of carboxylic acids is 1. The number of hydrogen-bond acceptors (Lipinski definition) is 6. The second-order valence-electron chi connectivity index (χ2n) is 12.0. The minimum absolute atomic E-state index is 0.0470. The largest absolute Gasteiger partial charge is 0.488 e. The minimum atomic E-state index is -0.966. The van der Waals surface area contributed by atoms with Gasteiger partial charge in [0.05, 0.1) is 30.3 Å².